The van der Waals surface area contributed by atoms with Crippen LogP contribution in [-0.4, -0.2) is 22.4 Å². The van der Waals surface area contributed by atoms with Crippen molar-refractivity contribution < 1.29 is 10.2 Å². The van der Waals surface area contributed by atoms with Crippen molar-refractivity contribution in [3.63, 3.8) is 0 Å². The van der Waals surface area contributed by atoms with Gasteiger partial charge in [0.15, 0.2) is 0 Å². The summed E-state index contributed by atoms with van der Waals surface area (Å²) < 4.78 is 0. The molecule has 4 aliphatic carbocycles. The minimum absolute atomic E-state index is 0.0334. The van der Waals surface area contributed by atoms with Crippen LogP contribution < -0.4 is 0 Å². The van der Waals surface area contributed by atoms with Crippen LogP contribution in [0.1, 0.15) is 58.8 Å². The Morgan fingerprint density at radius 3 is 2.57 bits per heavy atom. The van der Waals surface area contributed by atoms with Gasteiger partial charge in [-0.2, -0.15) is 0 Å². The molecule has 4 aliphatic rings. The molecule has 0 radical (unpaired) electrons. The van der Waals surface area contributed by atoms with E-state index in [0.29, 0.717) is 11.3 Å². The van der Waals surface area contributed by atoms with Crippen molar-refractivity contribution in [2.45, 2.75) is 71.0 Å². The zero-order chi connectivity index (χ0) is 14.8. The first-order valence-electron chi connectivity index (χ1n) is 8.99. The summed E-state index contributed by atoms with van der Waals surface area (Å²) >= 11 is 0. The predicted molar refractivity (Wildman–Crippen MR) is 83.6 cm³/mol. The molecule has 21 heavy (non-hydrogen) atoms. The molecular weight excluding hydrogens is 260 g/mol. The Bertz CT molecular complexity index is 458. The van der Waals surface area contributed by atoms with Gasteiger partial charge in [0.05, 0.1) is 12.2 Å². The van der Waals surface area contributed by atoms with Crippen molar-refractivity contribution in [3.8, 4) is 0 Å². The molecule has 118 valence electrons. The summed E-state index contributed by atoms with van der Waals surface area (Å²) in [7, 11) is 0. The standard InChI is InChI=1S/C19H30O2/c1-18-9-4-3-5-12(18)6-7-13-14(18)8-10-19(2)15(13)11-16(20)17(19)21/h3,5,12-17,20-21H,4,6-11H2,1-2H3. The molecule has 2 N–H and O–H groups in total. The second-order valence-corrected chi connectivity index (χ2v) is 8.83. The van der Waals surface area contributed by atoms with Crippen LogP contribution in [0.3, 0.4) is 0 Å². The molecule has 2 heteroatoms. The molecule has 8 unspecified atom stereocenters. The van der Waals surface area contributed by atoms with Crippen molar-refractivity contribution >= 4 is 0 Å². The SMILES string of the molecule is CC12CCC=CC1CCC1C2CCC2(C)C(O)C(O)CC12. The molecule has 4 rings (SSSR count). The minimum atomic E-state index is -0.500. The lowest BCUT2D eigenvalue weighted by Crippen LogP contribution is -2.52. The molecule has 8 atom stereocenters. The van der Waals surface area contributed by atoms with Gasteiger partial charge in [-0.1, -0.05) is 26.0 Å². The first-order chi connectivity index (χ1) is 9.97. The summed E-state index contributed by atoms with van der Waals surface area (Å²) in [4.78, 5) is 0. The summed E-state index contributed by atoms with van der Waals surface area (Å²) in [6.45, 7) is 4.77. The summed E-state index contributed by atoms with van der Waals surface area (Å²) in [5, 5.41) is 20.7. The number of aliphatic hydroxyl groups excluding tert-OH is 2. The minimum Gasteiger partial charge on any atom is -0.390 e. The van der Waals surface area contributed by atoms with E-state index in [0.717, 1.165) is 30.6 Å². The second kappa shape index (κ2) is 4.58. The lowest BCUT2D eigenvalue weighted by molar-refractivity contribution is -0.109. The third kappa shape index (κ3) is 1.78. The normalized spacial score (nSPS) is 59.2. The van der Waals surface area contributed by atoms with Gasteiger partial charge in [-0.15, -0.1) is 0 Å². The zero-order valence-corrected chi connectivity index (χ0v) is 13.5. The van der Waals surface area contributed by atoms with Gasteiger partial charge in [0.1, 0.15) is 0 Å². The molecule has 0 heterocycles. The largest absolute Gasteiger partial charge is 0.390 e. The molecule has 0 bridgehead atoms. The molecule has 0 aliphatic heterocycles. The van der Waals surface area contributed by atoms with Crippen molar-refractivity contribution in [3.05, 3.63) is 12.2 Å². The van der Waals surface area contributed by atoms with Gasteiger partial charge < -0.3 is 10.2 Å². The van der Waals surface area contributed by atoms with Crippen molar-refractivity contribution in [1.82, 2.24) is 0 Å². The van der Waals surface area contributed by atoms with Crippen LogP contribution in [0.15, 0.2) is 12.2 Å². The van der Waals surface area contributed by atoms with Gasteiger partial charge in [0.25, 0.3) is 0 Å². The van der Waals surface area contributed by atoms with Gasteiger partial charge in [0.2, 0.25) is 0 Å². The third-order valence-electron chi connectivity index (χ3n) is 8.13. The lowest BCUT2D eigenvalue weighted by Gasteiger charge is -2.59. The average Bonchev–Trinajstić information content (AvgIpc) is 2.70. The first kappa shape index (κ1) is 14.3. The molecule has 0 spiro atoms. The van der Waals surface area contributed by atoms with Gasteiger partial charge in [-0.05, 0) is 79.4 Å². The highest BCUT2D eigenvalue weighted by Crippen LogP contribution is 2.65. The van der Waals surface area contributed by atoms with Crippen LogP contribution >= 0.6 is 0 Å². The van der Waals surface area contributed by atoms with E-state index >= 15 is 0 Å². The smallest absolute Gasteiger partial charge is 0.0855 e. The number of hydrogen-bond acceptors (Lipinski definition) is 2. The third-order valence-corrected chi connectivity index (χ3v) is 8.13. The van der Waals surface area contributed by atoms with Crippen LogP contribution in [0.5, 0.6) is 0 Å². The summed E-state index contributed by atoms with van der Waals surface area (Å²) in [5.41, 5.74) is 0.436. The molecule has 3 fully saturated rings. The molecule has 0 amide bonds. The van der Waals surface area contributed by atoms with Crippen LogP contribution in [0.25, 0.3) is 0 Å². The van der Waals surface area contributed by atoms with E-state index in [9.17, 15) is 10.2 Å². The Morgan fingerprint density at radius 1 is 0.952 bits per heavy atom. The van der Waals surface area contributed by atoms with E-state index in [4.69, 9.17) is 0 Å². The first-order valence-corrected chi connectivity index (χ1v) is 8.99. The van der Waals surface area contributed by atoms with Crippen LogP contribution in [-0.2, 0) is 0 Å². The fourth-order valence-electron chi connectivity index (χ4n) is 6.81. The summed E-state index contributed by atoms with van der Waals surface area (Å²) in [5.74, 6) is 2.83. The van der Waals surface area contributed by atoms with E-state index in [-0.39, 0.29) is 5.41 Å². The fourth-order valence-corrected chi connectivity index (χ4v) is 6.81. The lowest BCUT2D eigenvalue weighted by atomic mass is 9.46. The maximum Gasteiger partial charge on any atom is 0.0855 e. The zero-order valence-electron chi connectivity index (χ0n) is 13.5. The number of rotatable bonds is 0. The van der Waals surface area contributed by atoms with Gasteiger partial charge in [-0.25, -0.2) is 0 Å². The Kier molecular flexibility index (Phi) is 3.11. The molecule has 0 aromatic rings. The molecule has 2 nitrogen and oxygen atoms in total. The quantitative estimate of drug-likeness (QED) is 0.670. The maximum absolute atomic E-state index is 10.5. The van der Waals surface area contributed by atoms with Gasteiger partial charge in [0, 0.05) is 0 Å². The second-order valence-electron chi connectivity index (χ2n) is 8.83. The van der Waals surface area contributed by atoms with Gasteiger partial charge in [-0.3, -0.25) is 0 Å². The molecule has 0 aromatic heterocycles. The van der Waals surface area contributed by atoms with E-state index in [1.807, 2.05) is 0 Å². The Balaban J connectivity index is 1.67. The Labute approximate surface area is 128 Å². The molecule has 0 saturated heterocycles. The maximum atomic E-state index is 10.5. The van der Waals surface area contributed by atoms with Crippen LogP contribution in [0.4, 0.5) is 0 Å². The van der Waals surface area contributed by atoms with E-state index < -0.39 is 12.2 Å². The van der Waals surface area contributed by atoms with E-state index in [1.54, 1.807) is 0 Å². The number of allylic oxidation sites excluding steroid dienone is 2. The predicted octanol–water partition coefficient (Wildman–Crippen LogP) is 3.53. The van der Waals surface area contributed by atoms with Crippen molar-refractivity contribution in [1.29, 1.82) is 0 Å². The summed E-state index contributed by atoms with van der Waals surface area (Å²) in [6, 6.07) is 0. The number of aliphatic hydroxyl groups is 2. The van der Waals surface area contributed by atoms with Crippen molar-refractivity contribution in [2.75, 3.05) is 0 Å². The highest BCUT2D eigenvalue weighted by atomic mass is 16.3. The fraction of sp³-hybridized carbons (Fsp3) is 0.895. The topological polar surface area (TPSA) is 40.5 Å². The number of hydrogen-bond donors (Lipinski definition) is 2. The van der Waals surface area contributed by atoms with Crippen LogP contribution in [0.2, 0.25) is 0 Å². The van der Waals surface area contributed by atoms with Gasteiger partial charge >= 0.3 is 0 Å². The molecule has 3 saturated carbocycles. The Morgan fingerprint density at radius 2 is 1.76 bits per heavy atom. The molecule has 0 aromatic carbocycles. The number of fused-ring (bicyclic) bond motifs is 5. The summed E-state index contributed by atoms with van der Waals surface area (Å²) in [6.07, 6.45) is 12.3. The average molecular weight is 290 g/mol. The van der Waals surface area contributed by atoms with E-state index in [1.165, 1.54) is 32.1 Å². The highest BCUT2D eigenvalue weighted by molar-refractivity contribution is 5.14. The molecular formula is C19H30O2. The Hall–Kier alpha value is -0.340. The highest BCUT2D eigenvalue weighted by Gasteiger charge is 2.61. The van der Waals surface area contributed by atoms with Crippen LogP contribution in [0, 0.1) is 34.5 Å². The van der Waals surface area contributed by atoms with E-state index in [2.05, 4.69) is 26.0 Å². The van der Waals surface area contributed by atoms with Crippen molar-refractivity contribution in [2.24, 2.45) is 34.5 Å². The monoisotopic (exact) mass is 290 g/mol.